The summed E-state index contributed by atoms with van der Waals surface area (Å²) >= 11 is 3.27. The Morgan fingerprint density at radius 2 is 1.82 bits per heavy atom. The van der Waals surface area contributed by atoms with Gasteiger partial charge in [-0.3, -0.25) is 0 Å². The van der Waals surface area contributed by atoms with Crippen LogP contribution in [0.5, 0.6) is 11.5 Å². The number of esters is 1. The number of aliphatic hydroxyl groups excluding tert-OH is 1. The molecule has 0 heterocycles. The topological polar surface area (TPSA) is 65.0 Å². The maximum Gasteiger partial charge on any atom is 0.339 e. The van der Waals surface area contributed by atoms with Gasteiger partial charge in [0.15, 0.2) is 6.10 Å². The molecule has 17 heavy (non-hydrogen) atoms. The van der Waals surface area contributed by atoms with Gasteiger partial charge in [-0.1, -0.05) is 0 Å². The number of hydrogen-bond acceptors (Lipinski definition) is 5. The van der Waals surface area contributed by atoms with Gasteiger partial charge in [0.05, 0.1) is 25.8 Å². The van der Waals surface area contributed by atoms with E-state index >= 15 is 0 Å². The highest BCUT2D eigenvalue weighted by Gasteiger charge is 2.23. The van der Waals surface area contributed by atoms with Crippen LogP contribution in [0.2, 0.25) is 0 Å². The molecular weight excluding hydrogens is 292 g/mol. The fourth-order valence-corrected chi connectivity index (χ4v) is 1.86. The number of rotatable bonds is 4. The van der Waals surface area contributed by atoms with Gasteiger partial charge >= 0.3 is 5.97 Å². The number of carbonyl (C=O) groups is 1. The van der Waals surface area contributed by atoms with Crippen LogP contribution in [0.3, 0.4) is 0 Å². The second-order valence-electron chi connectivity index (χ2n) is 3.15. The van der Waals surface area contributed by atoms with Crippen LogP contribution in [0.15, 0.2) is 16.6 Å². The lowest BCUT2D eigenvalue weighted by molar-refractivity contribution is -0.150. The first kappa shape index (κ1) is 13.8. The highest BCUT2D eigenvalue weighted by atomic mass is 79.9. The quantitative estimate of drug-likeness (QED) is 0.857. The van der Waals surface area contributed by atoms with Crippen LogP contribution < -0.4 is 9.47 Å². The van der Waals surface area contributed by atoms with E-state index in [-0.39, 0.29) is 0 Å². The summed E-state index contributed by atoms with van der Waals surface area (Å²) in [4.78, 5) is 11.3. The van der Waals surface area contributed by atoms with Crippen LogP contribution in [-0.4, -0.2) is 32.4 Å². The van der Waals surface area contributed by atoms with Gasteiger partial charge in [0.25, 0.3) is 0 Å². The smallest absolute Gasteiger partial charge is 0.339 e. The van der Waals surface area contributed by atoms with Gasteiger partial charge in [0.1, 0.15) is 11.5 Å². The average molecular weight is 305 g/mol. The van der Waals surface area contributed by atoms with Crippen LogP contribution in [0.1, 0.15) is 11.7 Å². The first-order chi connectivity index (χ1) is 8.04. The van der Waals surface area contributed by atoms with Crippen molar-refractivity contribution in [1.82, 2.24) is 0 Å². The lowest BCUT2D eigenvalue weighted by Gasteiger charge is -2.15. The van der Waals surface area contributed by atoms with Crippen molar-refractivity contribution in [3.63, 3.8) is 0 Å². The highest BCUT2D eigenvalue weighted by molar-refractivity contribution is 9.10. The van der Waals surface area contributed by atoms with Gasteiger partial charge in [-0.05, 0) is 22.0 Å². The van der Waals surface area contributed by atoms with E-state index in [1.807, 2.05) is 0 Å². The largest absolute Gasteiger partial charge is 0.496 e. The van der Waals surface area contributed by atoms with Crippen LogP contribution >= 0.6 is 15.9 Å². The Morgan fingerprint density at radius 3 is 2.29 bits per heavy atom. The number of halogens is 1. The molecule has 0 aliphatic rings. The zero-order valence-corrected chi connectivity index (χ0v) is 11.3. The van der Waals surface area contributed by atoms with Crippen molar-refractivity contribution in [2.45, 2.75) is 6.10 Å². The Kier molecular flexibility index (Phi) is 4.77. The Labute approximate surface area is 107 Å². The van der Waals surface area contributed by atoms with E-state index < -0.39 is 12.1 Å². The summed E-state index contributed by atoms with van der Waals surface area (Å²) in [6.45, 7) is 0. The molecule has 6 heteroatoms. The summed E-state index contributed by atoms with van der Waals surface area (Å²) in [5, 5.41) is 9.77. The Bertz CT molecular complexity index is 419. The highest BCUT2D eigenvalue weighted by Crippen LogP contribution is 2.36. The number of hydrogen-bond donors (Lipinski definition) is 1. The van der Waals surface area contributed by atoms with Crippen LogP contribution in [0.4, 0.5) is 0 Å². The van der Waals surface area contributed by atoms with E-state index in [4.69, 9.17) is 9.47 Å². The summed E-state index contributed by atoms with van der Waals surface area (Å²) in [6.07, 6.45) is -1.39. The van der Waals surface area contributed by atoms with Crippen molar-refractivity contribution in [2.24, 2.45) is 0 Å². The van der Waals surface area contributed by atoms with Crippen molar-refractivity contribution in [3.05, 3.63) is 22.2 Å². The second kappa shape index (κ2) is 5.88. The predicted molar refractivity (Wildman–Crippen MR) is 64.2 cm³/mol. The lowest BCUT2D eigenvalue weighted by Crippen LogP contribution is -2.14. The molecule has 1 N–H and O–H groups in total. The molecule has 0 aliphatic carbocycles. The predicted octanol–water partition coefficient (Wildman–Crippen LogP) is 1.67. The number of carbonyl (C=O) groups excluding carboxylic acids is 1. The fraction of sp³-hybridized carbons (Fsp3) is 0.364. The summed E-state index contributed by atoms with van der Waals surface area (Å²) < 4.78 is 15.3. The van der Waals surface area contributed by atoms with E-state index in [1.165, 1.54) is 21.3 Å². The minimum Gasteiger partial charge on any atom is -0.496 e. The molecule has 0 amide bonds. The van der Waals surface area contributed by atoms with E-state index in [1.54, 1.807) is 12.1 Å². The number of aliphatic hydroxyl groups is 1. The minimum atomic E-state index is -1.39. The average Bonchev–Trinajstić information content (AvgIpc) is 2.36. The van der Waals surface area contributed by atoms with Crippen molar-refractivity contribution < 1.29 is 24.1 Å². The summed E-state index contributed by atoms with van der Waals surface area (Å²) in [5.41, 5.74) is 0.312. The van der Waals surface area contributed by atoms with Crippen LogP contribution in [0, 0.1) is 0 Å². The van der Waals surface area contributed by atoms with E-state index in [2.05, 4.69) is 20.7 Å². The molecule has 0 aromatic heterocycles. The number of ether oxygens (including phenoxy) is 3. The Balaban J connectivity index is 3.23. The molecule has 1 rings (SSSR count). The summed E-state index contributed by atoms with van der Waals surface area (Å²) in [7, 11) is 4.16. The molecule has 1 aromatic rings. The standard InChI is InChI=1S/C11H13BrO5/c1-15-8-5-9(16-2)7(12)4-6(8)10(13)11(14)17-3/h4-5,10,13H,1-3H3. The Morgan fingerprint density at radius 1 is 1.24 bits per heavy atom. The molecule has 0 bridgehead atoms. The zero-order valence-electron chi connectivity index (χ0n) is 9.69. The maximum atomic E-state index is 11.3. The molecule has 1 unspecified atom stereocenters. The van der Waals surface area contributed by atoms with Gasteiger partial charge < -0.3 is 19.3 Å². The SMILES string of the molecule is COC(=O)C(O)c1cc(Br)c(OC)cc1OC. The molecular formula is C11H13BrO5. The van der Waals surface area contributed by atoms with Gasteiger partial charge in [-0.15, -0.1) is 0 Å². The van der Waals surface area contributed by atoms with E-state index in [0.717, 1.165) is 0 Å². The van der Waals surface area contributed by atoms with Gasteiger partial charge in [0.2, 0.25) is 0 Å². The lowest BCUT2D eigenvalue weighted by atomic mass is 10.1. The van der Waals surface area contributed by atoms with Crippen molar-refractivity contribution in [3.8, 4) is 11.5 Å². The van der Waals surface area contributed by atoms with Crippen molar-refractivity contribution in [1.29, 1.82) is 0 Å². The van der Waals surface area contributed by atoms with Crippen molar-refractivity contribution >= 4 is 21.9 Å². The summed E-state index contributed by atoms with van der Waals surface area (Å²) in [6, 6.07) is 3.13. The second-order valence-corrected chi connectivity index (χ2v) is 4.01. The van der Waals surface area contributed by atoms with Gasteiger partial charge in [-0.2, -0.15) is 0 Å². The number of benzene rings is 1. The van der Waals surface area contributed by atoms with Crippen molar-refractivity contribution in [2.75, 3.05) is 21.3 Å². The first-order valence-corrected chi connectivity index (χ1v) is 5.51. The third kappa shape index (κ3) is 2.89. The Hall–Kier alpha value is -1.27. The van der Waals surface area contributed by atoms with Crippen LogP contribution in [-0.2, 0) is 9.53 Å². The molecule has 1 aromatic carbocycles. The molecule has 1 atom stereocenters. The van der Waals surface area contributed by atoms with E-state index in [9.17, 15) is 9.90 Å². The first-order valence-electron chi connectivity index (χ1n) is 4.72. The van der Waals surface area contributed by atoms with E-state index in [0.29, 0.717) is 21.5 Å². The molecule has 0 aliphatic heterocycles. The number of methoxy groups -OCH3 is 3. The fourth-order valence-electron chi connectivity index (χ4n) is 1.34. The molecule has 0 fully saturated rings. The molecule has 94 valence electrons. The molecule has 5 nitrogen and oxygen atoms in total. The maximum absolute atomic E-state index is 11.3. The third-order valence-electron chi connectivity index (χ3n) is 2.22. The monoisotopic (exact) mass is 304 g/mol. The molecule has 0 spiro atoms. The molecule has 0 saturated heterocycles. The molecule has 0 saturated carbocycles. The normalized spacial score (nSPS) is 11.8. The van der Waals surface area contributed by atoms with Crippen LogP contribution in [0.25, 0.3) is 0 Å². The third-order valence-corrected chi connectivity index (χ3v) is 2.84. The molecule has 0 radical (unpaired) electrons. The minimum absolute atomic E-state index is 0.312. The summed E-state index contributed by atoms with van der Waals surface area (Å²) in [5.74, 6) is 0.144. The zero-order chi connectivity index (χ0) is 13.0. The van der Waals surface area contributed by atoms with Gasteiger partial charge in [0, 0.05) is 11.6 Å². The van der Waals surface area contributed by atoms with Gasteiger partial charge in [-0.25, -0.2) is 4.79 Å².